The lowest BCUT2D eigenvalue weighted by Crippen LogP contribution is -2.14. The molecule has 0 N–H and O–H groups in total. The average molecular weight is 256 g/mol. The first-order valence-corrected chi connectivity index (χ1v) is 5.84. The third-order valence-corrected chi connectivity index (χ3v) is 2.59. The minimum absolute atomic E-state index is 0.181. The number of rotatable bonds is 4. The summed E-state index contributed by atoms with van der Waals surface area (Å²) < 4.78 is 1.88. The standard InChI is InChI=1S/C12H18ClN3O/c1-8(2)16-9(3)14-6-11(16)12(17)10(13)7-15(4)5/h6-8H,1-5H3. The van der Waals surface area contributed by atoms with Crippen molar-refractivity contribution in [3.05, 3.63) is 28.9 Å². The van der Waals surface area contributed by atoms with E-state index >= 15 is 0 Å². The highest BCUT2D eigenvalue weighted by molar-refractivity contribution is 6.44. The molecule has 17 heavy (non-hydrogen) atoms. The van der Waals surface area contributed by atoms with E-state index < -0.39 is 0 Å². The summed E-state index contributed by atoms with van der Waals surface area (Å²) >= 11 is 5.98. The summed E-state index contributed by atoms with van der Waals surface area (Å²) in [5, 5.41) is 0.191. The van der Waals surface area contributed by atoms with E-state index in [0.29, 0.717) is 5.69 Å². The SMILES string of the molecule is Cc1ncc(C(=O)C(Cl)=CN(C)C)n1C(C)C. The molecule has 0 aromatic carbocycles. The van der Waals surface area contributed by atoms with Crippen molar-refractivity contribution < 1.29 is 4.79 Å². The minimum atomic E-state index is -0.199. The number of aryl methyl sites for hydroxylation is 1. The highest BCUT2D eigenvalue weighted by Gasteiger charge is 2.19. The maximum absolute atomic E-state index is 12.1. The molecule has 0 bridgehead atoms. The van der Waals surface area contributed by atoms with Crippen LogP contribution >= 0.6 is 11.6 Å². The van der Waals surface area contributed by atoms with Crippen LogP contribution in [0.4, 0.5) is 0 Å². The summed E-state index contributed by atoms with van der Waals surface area (Å²) in [6.07, 6.45) is 3.17. The van der Waals surface area contributed by atoms with Gasteiger partial charge in [0, 0.05) is 26.3 Å². The van der Waals surface area contributed by atoms with Crippen molar-refractivity contribution in [3.8, 4) is 0 Å². The minimum Gasteiger partial charge on any atom is -0.382 e. The first-order chi connectivity index (χ1) is 7.84. The second-order valence-corrected chi connectivity index (χ2v) is 4.83. The fourth-order valence-electron chi connectivity index (χ4n) is 1.68. The Morgan fingerprint density at radius 3 is 2.59 bits per heavy atom. The number of allylic oxidation sites excluding steroid dienone is 1. The van der Waals surface area contributed by atoms with Crippen LogP contribution in [0.3, 0.4) is 0 Å². The van der Waals surface area contributed by atoms with E-state index in [4.69, 9.17) is 11.6 Å². The smallest absolute Gasteiger partial charge is 0.223 e. The molecule has 0 amide bonds. The second kappa shape index (κ2) is 5.36. The lowest BCUT2D eigenvalue weighted by atomic mass is 10.2. The zero-order valence-corrected chi connectivity index (χ0v) is 11.6. The predicted molar refractivity (Wildman–Crippen MR) is 69.3 cm³/mol. The van der Waals surface area contributed by atoms with Crippen molar-refractivity contribution in [2.24, 2.45) is 0 Å². The summed E-state index contributed by atoms with van der Waals surface area (Å²) in [5.74, 6) is 0.618. The Balaban J connectivity index is 3.13. The second-order valence-electron chi connectivity index (χ2n) is 4.42. The van der Waals surface area contributed by atoms with E-state index in [1.54, 1.807) is 17.3 Å². The number of hydrogen-bond acceptors (Lipinski definition) is 3. The Morgan fingerprint density at radius 2 is 2.12 bits per heavy atom. The van der Waals surface area contributed by atoms with Gasteiger partial charge in [0.25, 0.3) is 0 Å². The van der Waals surface area contributed by atoms with Crippen molar-refractivity contribution in [2.45, 2.75) is 26.8 Å². The molecule has 0 spiro atoms. The summed E-state index contributed by atoms with van der Waals surface area (Å²) in [5.41, 5.74) is 0.528. The number of hydrogen-bond donors (Lipinski definition) is 0. The third-order valence-electron chi connectivity index (χ3n) is 2.32. The Hall–Kier alpha value is -1.29. The molecule has 5 heteroatoms. The number of Topliss-reactive ketones (excluding diaryl/α,β-unsaturated/α-hetero) is 1. The van der Waals surface area contributed by atoms with Crippen LogP contribution < -0.4 is 0 Å². The topological polar surface area (TPSA) is 38.1 Å². The largest absolute Gasteiger partial charge is 0.382 e. The van der Waals surface area contributed by atoms with Gasteiger partial charge in [0.05, 0.1) is 6.20 Å². The van der Waals surface area contributed by atoms with Gasteiger partial charge in [0.1, 0.15) is 16.6 Å². The normalized spacial score (nSPS) is 12.1. The van der Waals surface area contributed by atoms with Crippen LogP contribution in [0.25, 0.3) is 0 Å². The highest BCUT2D eigenvalue weighted by Crippen LogP contribution is 2.18. The first kappa shape index (κ1) is 13.8. The molecular formula is C12H18ClN3O. The zero-order chi connectivity index (χ0) is 13.2. The number of carbonyl (C=O) groups is 1. The van der Waals surface area contributed by atoms with Gasteiger partial charge in [-0.2, -0.15) is 0 Å². The molecular weight excluding hydrogens is 238 g/mol. The maximum atomic E-state index is 12.1. The molecule has 0 saturated heterocycles. The fourth-order valence-corrected chi connectivity index (χ4v) is 1.97. The van der Waals surface area contributed by atoms with Gasteiger partial charge in [-0.1, -0.05) is 11.6 Å². The first-order valence-electron chi connectivity index (χ1n) is 5.47. The molecule has 0 fully saturated rings. The number of carbonyl (C=O) groups excluding carboxylic acids is 1. The van der Waals surface area contributed by atoms with Crippen LogP contribution in [0.1, 0.15) is 36.2 Å². The Labute approximate surface area is 107 Å². The number of halogens is 1. The van der Waals surface area contributed by atoms with Crippen LogP contribution in [-0.4, -0.2) is 34.3 Å². The molecule has 0 unspecified atom stereocenters. The lowest BCUT2D eigenvalue weighted by Gasteiger charge is -2.13. The molecule has 1 aromatic rings. The number of nitrogens with zero attached hydrogens (tertiary/aromatic N) is 3. The monoisotopic (exact) mass is 255 g/mol. The van der Waals surface area contributed by atoms with Crippen LogP contribution in [0.5, 0.6) is 0 Å². The Kier molecular flexibility index (Phi) is 4.34. The van der Waals surface area contributed by atoms with E-state index in [9.17, 15) is 4.79 Å². The van der Waals surface area contributed by atoms with Gasteiger partial charge >= 0.3 is 0 Å². The molecule has 0 aliphatic rings. The van der Waals surface area contributed by atoms with Crippen molar-refractivity contribution in [3.63, 3.8) is 0 Å². The number of aromatic nitrogens is 2. The van der Waals surface area contributed by atoms with E-state index in [2.05, 4.69) is 4.98 Å². The fraction of sp³-hybridized carbons (Fsp3) is 0.500. The summed E-state index contributed by atoms with van der Waals surface area (Å²) in [7, 11) is 3.64. The third kappa shape index (κ3) is 3.09. The molecule has 4 nitrogen and oxygen atoms in total. The predicted octanol–water partition coefficient (Wildman–Crippen LogP) is 2.60. The Bertz CT molecular complexity index is 447. The van der Waals surface area contributed by atoms with Crippen LogP contribution in [0.15, 0.2) is 17.4 Å². The van der Waals surface area contributed by atoms with Crippen molar-refractivity contribution in [2.75, 3.05) is 14.1 Å². The highest BCUT2D eigenvalue weighted by atomic mass is 35.5. The summed E-state index contributed by atoms with van der Waals surface area (Å²) in [4.78, 5) is 18.0. The Morgan fingerprint density at radius 1 is 1.53 bits per heavy atom. The van der Waals surface area contributed by atoms with Gasteiger partial charge in [-0.3, -0.25) is 4.79 Å². The molecule has 1 heterocycles. The van der Waals surface area contributed by atoms with Gasteiger partial charge in [0.15, 0.2) is 0 Å². The van der Waals surface area contributed by atoms with E-state index in [0.717, 1.165) is 5.82 Å². The summed E-state index contributed by atoms with van der Waals surface area (Å²) in [6, 6.07) is 0.181. The van der Waals surface area contributed by atoms with Crippen molar-refractivity contribution >= 4 is 17.4 Å². The quantitative estimate of drug-likeness (QED) is 0.613. The molecule has 0 atom stereocenters. The average Bonchev–Trinajstić information content (AvgIpc) is 2.57. The number of imidazole rings is 1. The van der Waals surface area contributed by atoms with Crippen molar-refractivity contribution in [1.29, 1.82) is 0 Å². The molecule has 0 radical (unpaired) electrons. The van der Waals surface area contributed by atoms with Crippen LogP contribution in [0.2, 0.25) is 0 Å². The van der Waals surface area contributed by atoms with Crippen LogP contribution in [-0.2, 0) is 0 Å². The maximum Gasteiger partial charge on any atom is 0.223 e. The zero-order valence-electron chi connectivity index (χ0n) is 10.9. The lowest BCUT2D eigenvalue weighted by molar-refractivity contribution is 0.103. The van der Waals surface area contributed by atoms with Gasteiger partial charge in [-0.25, -0.2) is 4.98 Å². The number of ketones is 1. The molecule has 94 valence electrons. The molecule has 1 aromatic heterocycles. The van der Waals surface area contributed by atoms with Gasteiger partial charge in [-0.15, -0.1) is 0 Å². The molecule has 0 saturated carbocycles. The van der Waals surface area contributed by atoms with Gasteiger partial charge in [-0.05, 0) is 20.8 Å². The van der Waals surface area contributed by atoms with Crippen LogP contribution in [0, 0.1) is 6.92 Å². The van der Waals surface area contributed by atoms with Crippen molar-refractivity contribution in [1.82, 2.24) is 14.5 Å². The summed E-state index contributed by atoms with van der Waals surface area (Å²) in [6.45, 7) is 5.89. The van der Waals surface area contributed by atoms with E-state index in [1.165, 1.54) is 0 Å². The van der Waals surface area contributed by atoms with Gasteiger partial charge in [0.2, 0.25) is 5.78 Å². The van der Waals surface area contributed by atoms with E-state index in [1.807, 2.05) is 39.4 Å². The van der Waals surface area contributed by atoms with E-state index in [-0.39, 0.29) is 16.9 Å². The van der Waals surface area contributed by atoms with Gasteiger partial charge < -0.3 is 9.47 Å². The molecule has 0 aliphatic carbocycles. The molecule has 0 aliphatic heterocycles. The molecule has 1 rings (SSSR count).